The molecule has 0 radical (unpaired) electrons. The fourth-order valence-corrected chi connectivity index (χ4v) is 1.46. The van der Waals surface area contributed by atoms with Crippen molar-refractivity contribution in [2.45, 2.75) is 0 Å². The van der Waals surface area contributed by atoms with E-state index in [0.29, 0.717) is 23.1 Å². The van der Waals surface area contributed by atoms with Gasteiger partial charge in [0.05, 0.1) is 5.69 Å². The second-order valence-corrected chi connectivity index (χ2v) is 2.93. The lowest BCUT2D eigenvalue weighted by molar-refractivity contribution is 0.0825. The van der Waals surface area contributed by atoms with E-state index in [0.717, 1.165) is 0 Å². The van der Waals surface area contributed by atoms with Crippen LogP contribution in [0.25, 0.3) is 11.3 Å². The molecule has 0 fully saturated rings. The summed E-state index contributed by atoms with van der Waals surface area (Å²) in [6.45, 7) is 0.0922. The molecule has 0 saturated heterocycles. The molecule has 0 aromatic heterocycles. The van der Waals surface area contributed by atoms with Crippen molar-refractivity contribution in [2.75, 3.05) is 6.79 Å². The van der Waals surface area contributed by atoms with Crippen LogP contribution in [0.3, 0.4) is 0 Å². The number of aromatic amines is 1. The number of ether oxygens (including phenoxy) is 2. The van der Waals surface area contributed by atoms with Crippen LogP contribution in [0.15, 0.2) is 23.0 Å². The molecule has 3 aliphatic rings. The highest BCUT2D eigenvalue weighted by atomic mass is 16.7. The number of fused-ring (bicyclic) bond motifs is 4. The number of aromatic nitrogens is 2. The summed E-state index contributed by atoms with van der Waals surface area (Å²) in [7, 11) is 0. The van der Waals surface area contributed by atoms with Gasteiger partial charge in [-0.3, -0.25) is 4.79 Å². The second-order valence-electron chi connectivity index (χ2n) is 2.93. The van der Waals surface area contributed by atoms with Gasteiger partial charge in [0, 0.05) is 0 Å². The third-order valence-corrected chi connectivity index (χ3v) is 2.08. The zero-order valence-electron chi connectivity index (χ0n) is 7.11. The van der Waals surface area contributed by atoms with Crippen LogP contribution < -0.4 is 14.9 Å². The van der Waals surface area contributed by atoms with Gasteiger partial charge in [-0.2, -0.15) is 4.98 Å². The average molecular weight is 190 g/mol. The molecule has 3 rings (SSSR count). The van der Waals surface area contributed by atoms with Crippen molar-refractivity contribution in [3.05, 3.63) is 28.4 Å². The van der Waals surface area contributed by atoms with Crippen LogP contribution in [0.1, 0.15) is 0 Å². The topological polar surface area (TPSA) is 64.2 Å². The van der Waals surface area contributed by atoms with Gasteiger partial charge in [0.2, 0.25) is 12.7 Å². The Hall–Kier alpha value is -2.04. The number of nitrogens with one attached hydrogen (secondary N) is 1. The third-order valence-electron chi connectivity index (χ3n) is 2.08. The van der Waals surface area contributed by atoms with E-state index in [1.54, 1.807) is 12.1 Å². The van der Waals surface area contributed by atoms with Crippen molar-refractivity contribution in [1.82, 2.24) is 9.97 Å². The molecule has 0 amide bonds. The second kappa shape index (κ2) is 2.47. The van der Waals surface area contributed by atoms with Crippen molar-refractivity contribution < 1.29 is 9.47 Å². The minimum atomic E-state index is -0.102. The molecule has 2 bridgehead atoms. The molecule has 0 unspecified atom stereocenters. The first-order valence-corrected chi connectivity index (χ1v) is 4.13. The maximum absolute atomic E-state index is 11.5. The highest BCUT2D eigenvalue weighted by Crippen LogP contribution is 2.29. The Labute approximate surface area is 78.7 Å². The highest BCUT2D eigenvalue weighted by Gasteiger charge is 2.20. The van der Waals surface area contributed by atoms with Gasteiger partial charge in [0.25, 0.3) is 6.01 Å². The molecule has 0 aromatic carbocycles. The minimum absolute atomic E-state index is 0.0922. The Morgan fingerprint density at radius 3 is 3.21 bits per heavy atom. The van der Waals surface area contributed by atoms with Crippen LogP contribution in [-0.4, -0.2) is 16.8 Å². The van der Waals surface area contributed by atoms with Crippen molar-refractivity contribution in [3.63, 3.8) is 0 Å². The van der Waals surface area contributed by atoms with Crippen molar-refractivity contribution in [1.29, 1.82) is 0 Å². The Kier molecular flexibility index (Phi) is 1.30. The van der Waals surface area contributed by atoms with Gasteiger partial charge in [0.1, 0.15) is 5.56 Å². The van der Waals surface area contributed by atoms with Crippen LogP contribution in [0, 0.1) is 0 Å². The number of hydrogen-bond donors (Lipinski definition) is 1. The number of benzene rings is 1. The Morgan fingerprint density at radius 2 is 2.29 bits per heavy atom. The van der Waals surface area contributed by atoms with Crippen LogP contribution in [0.2, 0.25) is 0 Å². The first kappa shape index (κ1) is 7.37. The Bertz CT molecular complexity index is 520. The van der Waals surface area contributed by atoms with Gasteiger partial charge in [-0.25, -0.2) is 0 Å². The van der Waals surface area contributed by atoms with Gasteiger partial charge >= 0.3 is 0 Å². The lowest BCUT2D eigenvalue weighted by Gasteiger charge is -2.18. The molecule has 1 aliphatic carbocycles. The Balaban J connectivity index is 2.46. The molecule has 1 N–H and O–H groups in total. The maximum atomic E-state index is 11.5. The molecular weight excluding hydrogens is 184 g/mol. The predicted octanol–water partition coefficient (Wildman–Crippen LogP) is 0.603. The van der Waals surface area contributed by atoms with Crippen LogP contribution >= 0.6 is 0 Å². The van der Waals surface area contributed by atoms with Crippen molar-refractivity contribution in [2.24, 2.45) is 0 Å². The molecule has 2 heterocycles. The van der Waals surface area contributed by atoms with E-state index in [-0.39, 0.29) is 12.2 Å². The van der Waals surface area contributed by atoms with E-state index >= 15 is 0 Å². The number of rotatable bonds is 0. The maximum Gasteiger partial charge on any atom is 0.300 e. The van der Waals surface area contributed by atoms with Crippen LogP contribution in [-0.2, 0) is 0 Å². The highest BCUT2D eigenvalue weighted by molar-refractivity contribution is 5.66. The fourth-order valence-electron chi connectivity index (χ4n) is 1.46. The minimum Gasteiger partial charge on any atom is -0.439 e. The summed E-state index contributed by atoms with van der Waals surface area (Å²) in [5.41, 5.74) is 1.05. The van der Waals surface area contributed by atoms with E-state index in [4.69, 9.17) is 9.47 Å². The molecule has 5 heteroatoms. The zero-order chi connectivity index (χ0) is 9.54. The molecule has 0 aromatic rings. The van der Waals surface area contributed by atoms with E-state index in [2.05, 4.69) is 9.97 Å². The summed E-state index contributed by atoms with van der Waals surface area (Å²) >= 11 is 0. The van der Waals surface area contributed by atoms with Gasteiger partial charge in [-0.05, 0) is 12.1 Å². The molecule has 2 aliphatic heterocycles. The fraction of sp³-hybridized carbons (Fsp3) is 0.111. The summed E-state index contributed by atoms with van der Waals surface area (Å²) < 4.78 is 10.2. The number of nitrogens with zero attached hydrogens (tertiary/aromatic N) is 1. The average Bonchev–Trinajstić information content (AvgIpc) is 2.17. The molecule has 5 nitrogen and oxygen atoms in total. The molecule has 0 spiro atoms. The van der Waals surface area contributed by atoms with Gasteiger partial charge in [-0.1, -0.05) is 6.07 Å². The largest absolute Gasteiger partial charge is 0.439 e. The van der Waals surface area contributed by atoms with E-state index in [1.807, 2.05) is 0 Å². The lowest BCUT2D eigenvalue weighted by Crippen LogP contribution is -2.19. The van der Waals surface area contributed by atoms with Gasteiger partial charge < -0.3 is 14.5 Å². The summed E-state index contributed by atoms with van der Waals surface area (Å²) in [5.74, 6) is 0.339. The summed E-state index contributed by atoms with van der Waals surface area (Å²) in [6.07, 6.45) is 0. The normalized spacial score (nSPS) is 13.4. The standard InChI is InChI=1S/C9H6N2O3/c12-6-3-1-2-5-7(6)8-11-9(10-5)14-4-13-8/h1-3H,4H2,(H,10,11). The van der Waals surface area contributed by atoms with Crippen LogP contribution in [0.5, 0.6) is 11.9 Å². The molecule has 0 atom stereocenters. The van der Waals surface area contributed by atoms with Crippen molar-refractivity contribution in [3.8, 4) is 23.1 Å². The van der Waals surface area contributed by atoms with Crippen molar-refractivity contribution >= 4 is 0 Å². The smallest absolute Gasteiger partial charge is 0.300 e. The quantitative estimate of drug-likeness (QED) is 0.660. The first-order chi connectivity index (χ1) is 6.84. The van der Waals surface area contributed by atoms with E-state index < -0.39 is 0 Å². The molecule has 14 heavy (non-hydrogen) atoms. The monoisotopic (exact) mass is 190 g/mol. The van der Waals surface area contributed by atoms with E-state index in [9.17, 15) is 4.79 Å². The summed E-state index contributed by atoms with van der Waals surface area (Å²) in [5, 5.41) is 0. The summed E-state index contributed by atoms with van der Waals surface area (Å²) in [4.78, 5) is 18.4. The number of H-pyrrole nitrogens is 1. The third kappa shape index (κ3) is 0.891. The molecule has 0 saturated carbocycles. The number of hydrogen-bond acceptors (Lipinski definition) is 4. The first-order valence-electron chi connectivity index (χ1n) is 4.13. The summed E-state index contributed by atoms with van der Waals surface area (Å²) in [6, 6.07) is 5.32. The van der Waals surface area contributed by atoms with E-state index in [1.165, 1.54) is 6.07 Å². The predicted molar refractivity (Wildman–Crippen MR) is 47.6 cm³/mol. The molecular formula is C9H6N2O3. The van der Waals surface area contributed by atoms with Crippen LogP contribution in [0.4, 0.5) is 0 Å². The SMILES string of the molecule is O=c1cccc2[nH]c3nc(c1-2)OCO3. The zero-order valence-corrected chi connectivity index (χ0v) is 7.11. The Morgan fingerprint density at radius 1 is 1.36 bits per heavy atom. The lowest BCUT2D eigenvalue weighted by atomic mass is 10.1. The van der Waals surface area contributed by atoms with Gasteiger partial charge in [0.15, 0.2) is 5.43 Å². The molecule has 70 valence electrons. The van der Waals surface area contributed by atoms with Gasteiger partial charge in [-0.15, -0.1) is 0 Å².